The van der Waals surface area contributed by atoms with Crippen molar-refractivity contribution in [3.63, 3.8) is 0 Å². The van der Waals surface area contributed by atoms with E-state index in [0.29, 0.717) is 19.4 Å². The van der Waals surface area contributed by atoms with Gasteiger partial charge in [-0.1, -0.05) is 44.2 Å². The number of carbonyl (C=O) groups is 2. The topological polar surface area (TPSA) is 49.4 Å². The lowest BCUT2D eigenvalue weighted by atomic mass is 9.99. The van der Waals surface area contributed by atoms with Crippen molar-refractivity contribution in [2.24, 2.45) is 0 Å². The number of hydrogen-bond acceptors (Lipinski definition) is 2. The van der Waals surface area contributed by atoms with Crippen molar-refractivity contribution in [1.82, 2.24) is 10.2 Å². The number of benzene rings is 1. The molecule has 108 valence electrons. The first-order valence-electron chi connectivity index (χ1n) is 7.32. The molecule has 2 amide bonds. The second-order valence-corrected chi connectivity index (χ2v) is 5.21. The molecule has 20 heavy (non-hydrogen) atoms. The molecular formula is C16H22N2O2. The predicted molar refractivity (Wildman–Crippen MR) is 78.2 cm³/mol. The van der Waals surface area contributed by atoms with Gasteiger partial charge in [-0.3, -0.25) is 9.59 Å². The van der Waals surface area contributed by atoms with Gasteiger partial charge in [-0.15, -0.1) is 0 Å². The smallest absolute Gasteiger partial charge is 0.246 e. The van der Waals surface area contributed by atoms with Gasteiger partial charge >= 0.3 is 0 Å². The molecule has 0 saturated carbocycles. The van der Waals surface area contributed by atoms with Crippen LogP contribution in [0.15, 0.2) is 30.3 Å². The van der Waals surface area contributed by atoms with Gasteiger partial charge in [-0.05, 0) is 18.4 Å². The van der Waals surface area contributed by atoms with E-state index in [1.807, 2.05) is 44.2 Å². The molecule has 2 unspecified atom stereocenters. The van der Waals surface area contributed by atoms with Gasteiger partial charge in [-0.2, -0.15) is 0 Å². The molecule has 1 saturated heterocycles. The Kier molecular flexibility index (Phi) is 4.77. The van der Waals surface area contributed by atoms with Crippen LogP contribution >= 0.6 is 0 Å². The van der Waals surface area contributed by atoms with Crippen molar-refractivity contribution in [3.05, 3.63) is 35.9 Å². The summed E-state index contributed by atoms with van der Waals surface area (Å²) in [5, 5.41) is 2.87. The first-order valence-corrected chi connectivity index (χ1v) is 7.32. The minimum Gasteiger partial charge on any atom is -0.342 e. The molecule has 1 heterocycles. The van der Waals surface area contributed by atoms with Gasteiger partial charge in [-0.25, -0.2) is 0 Å². The fourth-order valence-electron chi connectivity index (χ4n) is 2.73. The standard InChI is InChI=1S/C16H22N2O2/c1-3-10-18-14(4-2)15(19)17-13(16(18)20)11-12-8-6-5-7-9-12/h5-9,13-14H,3-4,10-11H2,1-2H3,(H,17,19). The zero-order valence-corrected chi connectivity index (χ0v) is 12.1. The van der Waals surface area contributed by atoms with E-state index < -0.39 is 6.04 Å². The molecule has 1 aromatic carbocycles. The molecule has 0 radical (unpaired) electrons. The molecule has 1 aliphatic rings. The average Bonchev–Trinajstić information content (AvgIpc) is 2.45. The van der Waals surface area contributed by atoms with Crippen LogP contribution in [0.1, 0.15) is 32.3 Å². The maximum absolute atomic E-state index is 12.5. The Hall–Kier alpha value is -1.84. The zero-order valence-electron chi connectivity index (χ0n) is 12.1. The third kappa shape index (κ3) is 3.00. The van der Waals surface area contributed by atoms with E-state index in [-0.39, 0.29) is 17.9 Å². The number of amides is 2. The number of hydrogen-bond donors (Lipinski definition) is 1. The number of rotatable bonds is 5. The molecular weight excluding hydrogens is 252 g/mol. The van der Waals surface area contributed by atoms with Gasteiger partial charge in [0, 0.05) is 13.0 Å². The number of piperazine rings is 1. The first kappa shape index (κ1) is 14.6. The van der Waals surface area contributed by atoms with Crippen molar-refractivity contribution in [2.45, 2.75) is 45.2 Å². The van der Waals surface area contributed by atoms with Gasteiger partial charge in [0.05, 0.1) is 0 Å². The molecule has 1 N–H and O–H groups in total. The first-order chi connectivity index (χ1) is 9.67. The molecule has 0 aliphatic carbocycles. The molecule has 1 aromatic rings. The van der Waals surface area contributed by atoms with E-state index in [2.05, 4.69) is 5.32 Å². The monoisotopic (exact) mass is 274 g/mol. The summed E-state index contributed by atoms with van der Waals surface area (Å²) in [6, 6.07) is 9.06. The fourth-order valence-corrected chi connectivity index (χ4v) is 2.73. The van der Waals surface area contributed by atoms with E-state index in [4.69, 9.17) is 0 Å². The number of carbonyl (C=O) groups excluding carboxylic acids is 2. The van der Waals surface area contributed by atoms with Crippen molar-refractivity contribution >= 4 is 11.8 Å². The minimum absolute atomic E-state index is 0.0264. The molecule has 4 nitrogen and oxygen atoms in total. The van der Waals surface area contributed by atoms with E-state index in [0.717, 1.165) is 12.0 Å². The highest BCUT2D eigenvalue weighted by Gasteiger charge is 2.38. The lowest BCUT2D eigenvalue weighted by molar-refractivity contribution is -0.149. The summed E-state index contributed by atoms with van der Waals surface area (Å²) in [5.74, 6) is 0.0173. The lowest BCUT2D eigenvalue weighted by Gasteiger charge is -2.38. The number of nitrogens with one attached hydrogen (secondary N) is 1. The molecule has 1 fully saturated rings. The Bertz CT molecular complexity index is 473. The summed E-state index contributed by atoms with van der Waals surface area (Å²) in [7, 11) is 0. The zero-order chi connectivity index (χ0) is 14.5. The summed E-state index contributed by atoms with van der Waals surface area (Å²) < 4.78 is 0. The van der Waals surface area contributed by atoms with Crippen molar-refractivity contribution < 1.29 is 9.59 Å². The quantitative estimate of drug-likeness (QED) is 0.889. The Balaban J connectivity index is 2.14. The van der Waals surface area contributed by atoms with E-state index >= 15 is 0 Å². The highest BCUT2D eigenvalue weighted by Crippen LogP contribution is 2.16. The van der Waals surface area contributed by atoms with E-state index in [9.17, 15) is 9.59 Å². The summed E-state index contributed by atoms with van der Waals surface area (Å²) in [5.41, 5.74) is 1.07. The Labute approximate surface area is 120 Å². The minimum atomic E-state index is -0.431. The molecule has 4 heteroatoms. The van der Waals surface area contributed by atoms with Crippen LogP contribution in [0.3, 0.4) is 0 Å². The molecule has 2 rings (SSSR count). The normalized spacial score (nSPS) is 22.8. The van der Waals surface area contributed by atoms with Crippen LogP contribution in [0.4, 0.5) is 0 Å². The third-order valence-electron chi connectivity index (χ3n) is 3.71. The summed E-state index contributed by atoms with van der Waals surface area (Å²) in [4.78, 5) is 26.4. The SMILES string of the molecule is CCCN1C(=O)C(Cc2ccccc2)NC(=O)C1CC. The van der Waals surface area contributed by atoms with Crippen molar-refractivity contribution in [3.8, 4) is 0 Å². The van der Waals surface area contributed by atoms with Crippen molar-refractivity contribution in [1.29, 1.82) is 0 Å². The van der Waals surface area contributed by atoms with Crippen molar-refractivity contribution in [2.75, 3.05) is 6.54 Å². The van der Waals surface area contributed by atoms with Gasteiger partial charge in [0.15, 0.2) is 0 Å². The molecule has 0 bridgehead atoms. The molecule has 0 aromatic heterocycles. The van der Waals surface area contributed by atoms with Crippen LogP contribution in [0, 0.1) is 0 Å². The van der Waals surface area contributed by atoms with Crippen LogP contribution in [-0.4, -0.2) is 35.3 Å². The maximum Gasteiger partial charge on any atom is 0.246 e. The van der Waals surface area contributed by atoms with Gasteiger partial charge in [0.25, 0.3) is 0 Å². The molecule has 2 atom stereocenters. The fraction of sp³-hybridized carbons (Fsp3) is 0.500. The largest absolute Gasteiger partial charge is 0.342 e. The third-order valence-corrected chi connectivity index (χ3v) is 3.71. The van der Waals surface area contributed by atoms with Crippen LogP contribution in [0.2, 0.25) is 0 Å². The van der Waals surface area contributed by atoms with Gasteiger partial charge < -0.3 is 10.2 Å². The summed E-state index contributed by atoms with van der Waals surface area (Å²) in [6.45, 7) is 4.62. The predicted octanol–water partition coefficient (Wildman–Crippen LogP) is 1.74. The summed E-state index contributed by atoms with van der Waals surface area (Å²) in [6.07, 6.45) is 2.09. The van der Waals surface area contributed by atoms with Gasteiger partial charge in [0.2, 0.25) is 11.8 Å². The van der Waals surface area contributed by atoms with Crippen LogP contribution in [0.25, 0.3) is 0 Å². The van der Waals surface area contributed by atoms with Crippen LogP contribution < -0.4 is 5.32 Å². The highest BCUT2D eigenvalue weighted by molar-refractivity contribution is 5.97. The highest BCUT2D eigenvalue weighted by atomic mass is 16.2. The Morgan fingerprint density at radius 2 is 1.85 bits per heavy atom. The molecule has 1 aliphatic heterocycles. The van der Waals surface area contributed by atoms with Crippen LogP contribution in [0.5, 0.6) is 0 Å². The second kappa shape index (κ2) is 6.55. The average molecular weight is 274 g/mol. The Morgan fingerprint density at radius 3 is 2.45 bits per heavy atom. The maximum atomic E-state index is 12.5. The van der Waals surface area contributed by atoms with Crippen LogP contribution in [-0.2, 0) is 16.0 Å². The molecule has 0 spiro atoms. The van der Waals surface area contributed by atoms with E-state index in [1.54, 1.807) is 4.90 Å². The second-order valence-electron chi connectivity index (χ2n) is 5.21. The Morgan fingerprint density at radius 1 is 1.15 bits per heavy atom. The number of nitrogens with zero attached hydrogens (tertiary/aromatic N) is 1. The van der Waals surface area contributed by atoms with E-state index in [1.165, 1.54) is 0 Å². The lowest BCUT2D eigenvalue weighted by Crippen LogP contribution is -2.63. The van der Waals surface area contributed by atoms with Gasteiger partial charge in [0.1, 0.15) is 12.1 Å². The summed E-state index contributed by atoms with van der Waals surface area (Å²) >= 11 is 0.